The summed E-state index contributed by atoms with van der Waals surface area (Å²) in [6.45, 7) is 2.49. The standard InChI is InChI=1S/C21H25N3O2S/c1-23-14-21(17-4-2-3-5-19(17)23)7-9-24(10-8-21)20(26)18(22-15-25)12-16-6-11-27-13-16/h2-6,11,13,15,18H,7-10,12,14H2,1H3,(H,22,25). The Kier molecular flexibility index (Phi) is 4.91. The zero-order valence-electron chi connectivity index (χ0n) is 15.6. The van der Waals surface area contributed by atoms with Gasteiger partial charge in [-0.1, -0.05) is 18.2 Å². The van der Waals surface area contributed by atoms with E-state index in [1.807, 2.05) is 21.7 Å². The third-order valence-corrected chi connectivity index (χ3v) is 6.78. The highest BCUT2D eigenvalue weighted by Gasteiger charge is 2.44. The molecular weight excluding hydrogens is 358 g/mol. The Labute approximate surface area is 164 Å². The Morgan fingerprint density at radius 2 is 2.07 bits per heavy atom. The van der Waals surface area contributed by atoms with Crippen LogP contribution in [-0.2, 0) is 21.4 Å². The first-order valence-corrected chi connectivity index (χ1v) is 10.4. The van der Waals surface area contributed by atoms with Crippen LogP contribution in [0.2, 0.25) is 0 Å². The predicted octanol–water partition coefficient (Wildman–Crippen LogP) is 2.42. The van der Waals surface area contributed by atoms with Crippen LogP contribution in [0.5, 0.6) is 0 Å². The van der Waals surface area contributed by atoms with Crippen molar-refractivity contribution in [2.75, 3.05) is 31.6 Å². The van der Waals surface area contributed by atoms with Crippen LogP contribution in [-0.4, -0.2) is 49.9 Å². The number of amides is 2. The number of likely N-dealkylation sites (N-methyl/N-ethyl adjacent to an activating group) is 1. The highest BCUT2D eigenvalue weighted by molar-refractivity contribution is 7.07. The van der Waals surface area contributed by atoms with Crippen LogP contribution in [0.25, 0.3) is 0 Å². The van der Waals surface area contributed by atoms with Crippen molar-refractivity contribution in [3.63, 3.8) is 0 Å². The monoisotopic (exact) mass is 383 g/mol. The van der Waals surface area contributed by atoms with Gasteiger partial charge < -0.3 is 15.1 Å². The van der Waals surface area contributed by atoms with Gasteiger partial charge in [0.05, 0.1) is 0 Å². The van der Waals surface area contributed by atoms with E-state index in [2.05, 4.69) is 41.5 Å². The van der Waals surface area contributed by atoms with E-state index in [0.717, 1.165) is 38.0 Å². The number of anilines is 1. The first kappa shape index (κ1) is 18.0. The number of benzene rings is 1. The number of para-hydroxylation sites is 1. The van der Waals surface area contributed by atoms with E-state index in [9.17, 15) is 9.59 Å². The van der Waals surface area contributed by atoms with Gasteiger partial charge in [-0.05, 0) is 46.9 Å². The smallest absolute Gasteiger partial charge is 0.245 e. The topological polar surface area (TPSA) is 52.6 Å². The molecule has 2 amide bonds. The van der Waals surface area contributed by atoms with E-state index in [-0.39, 0.29) is 11.3 Å². The van der Waals surface area contributed by atoms with Crippen LogP contribution < -0.4 is 10.2 Å². The number of rotatable bonds is 5. The number of carbonyl (C=O) groups is 2. The van der Waals surface area contributed by atoms with E-state index in [1.165, 1.54) is 11.3 Å². The summed E-state index contributed by atoms with van der Waals surface area (Å²) in [6, 6.07) is 10.2. The summed E-state index contributed by atoms with van der Waals surface area (Å²) in [6.07, 6.45) is 3.12. The Morgan fingerprint density at radius 1 is 1.30 bits per heavy atom. The van der Waals surface area contributed by atoms with Crippen LogP contribution in [0.4, 0.5) is 5.69 Å². The first-order valence-electron chi connectivity index (χ1n) is 9.43. The van der Waals surface area contributed by atoms with Gasteiger partial charge in [0.15, 0.2) is 0 Å². The van der Waals surface area contributed by atoms with Crippen molar-refractivity contribution in [2.24, 2.45) is 0 Å². The summed E-state index contributed by atoms with van der Waals surface area (Å²) in [5, 5.41) is 6.75. The fraction of sp³-hybridized carbons (Fsp3) is 0.429. The Balaban J connectivity index is 1.45. The van der Waals surface area contributed by atoms with Gasteiger partial charge in [0.2, 0.25) is 12.3 Å². The lowest BCUT2D eigenvalue weighted by Crippen LogP contribution is -2.53. The van der Waals surface area contributed by atoms with E-state index in [1.54, 1.807) is 11.3 Å². The quantitative estimate of drug-likeness (QED) is 0.807. The minimum atomic E-state index is -0.482. The Hall–Kier alpha value is -2.34. The van der Waals surface area contributed by atoms with Crippen LogP contribution in [0.3, 0.4) is 0 Å². The second-order valence-electron chi connectivity index (χ2n) is 7.65. The lowest BCUT2D eigenvalue weighted by molar-refractivity contribution is -0.136. The summed E-state index contributed by atoms with van der Waals surface area (Å²) in [4.78, 5) is 28.3. The molecule has 1 spiro atoms. The maximum Gasteiger partial charge on any atom is 0.245 e. The fourth-order valence-corrected chi connectivity index (χ4v) is 5.31. The molecule has 4 rings (SSSR count). The average molecular weight is 384 g/mol. The molecule has 1 atom stereocenters. The van der Waals surface area contributed by atoms with Crippen LogP contribution in [0.15, 0.2) is 41.1 Å². The first-order chi connectivity index (χ1) is 13.1. The number of piperidine rings is 1. The summed E-state index contributed by atoms with van der Waals surface area (Å²) >= 11 is 1.61. The van der Waals surface area contributed by atoms with Crippen molar-refractivity contribution in [3.8, 4) is 0 Å². The van der Waals surface area contributed by atoms with Gasteiger partial charge in [0.25, 0.3) is 0 Å². The molecule has 0 aliphatic carbocycles. The van der Waals surface area contributed by atoms with Gasteiger partial charge >= 0.3 is 0 Å². The lowest BCUT2D eigenvalue weighted by Gasteiger charge is -2.40. The third-order valence-electron chi connectivity index (χ3n) is 6.05. The van der Waals surface area contributed by atoms with Crippen molar-refractivity contribution in [1.82, 2.24) is 10.2 Å². The van der Waals surface area contributed by atoms with Gasteiger partial charge in [0, 0.05) is 44.2 Å². The summed E-state index contributed by atoms with van der Waals surface area (Å²) < 4.78 is 0. The molecule has 1 fully saturated rings. The van der Waals surface area contributed by atoms with Crippen LogP contribution >= 0.6 is 11.3 Å². The number of likely N-dealkylation sites (tertiary alicyclic amines) is 1. The molecule has 0 radical (unpaired) electrons. The molecule has 3 heterocycles. The van der Waals surface area contributed by atoms with E-state index in [4.69, 9.17) is 0 Å². The van der Waals surface area contributed by atoms with Crippen LogP contribution in [0.1, 0.15) is 24.0 Å². The molecule has 1 aromatic heterocycles. The largest absolute Gasteiger partial charge is 0.373 e. The van der Waals surface area contributed by atoms with Gasteiger partial charge in [-0.25, -0.2) is 0 Å². The van der Waals surface area contributed by atoms with Crippen molar-refractivity contribution in [2.45, 2.75) is 30.7 Å². The highest BCUT2D eigenvalue weighted by atomic mass is 32.1. The number of fused-ring (bicyclic) bond motifs is 2. The van der Waals surface area contributed by atoms with Crippen molar-refractivity contribution in [3.05, 3.63) is 52.2 Å². The zero-order chi connectivity index (χ0) is 18.9. The maximum absolute atomic E-state index is 13.0. The zero-order valence-corrected chi connectivity index (χ0v) is 16.4. The number of nitrogens with one attached hydrogen (secondary N) is 1. The molecule has 0 bridgehead atoms. The second kappa shape index (κ2) is 7.35. The minimum Gasteiger partial charge on any atom is -0.373 e. The van der Waals surface area contributed by atoms with Crippen LogP contribution in [0, 0.1) is 0 Å². The molecule has 142 valence electrons. The highest BCUT2D eigenvalue weighted by Crippen LogP contribution is 2.46. The van der Waals surface area contributed by atoms with Crippen molar-refractivity contribution < 1.29 is 9.59 Å². The molecule has 1 saturated heterocycles. The molecule has 1 unspecified atom stereocenters. The molecule has 27 heavy (non-hydrogen) atoms. The van der Waals surface area contributed by atoms with Gasteiger partial charge in [-0.3, -0.25) is 9.59 Å². The second-order valence-corrected chi connectivity index (χ2v) is 8.43. The molecule has 1 N–H and O–H groups in total. The SMILES string of the molecule is CN1CC2(CCN(C(=O)C(Cc3ccsc3)NC=O)CC2)c2ccccc21. The molecule has 2 aliphatic rings. The summed E-state index contributed by atoms with van der Waals surface area (Å²) in [5.41, 5.74) is 3.96. The molecule has 2 aliphatic heterocycles. The van der Waals surface area contributed by atoms with E-state index in [0.29, 0.717) is 12.8 Å². The van der Waals surface area contributed by atoms with E-state index >= 15 is 0 Å². The lowest BCUT2D eigenvalue weighted by atomic mass is 9.74. The normalized spacial score (nSPS) is 19.0. The van der Waals surface area contributed by atoms with Crippen molar-refractivity contribution >= 4 is 29.3 Å². The molecule has 2 aromatic rings. The van der Waals surface area contributed by atoms with Gasteiger partial charge in [-0.15, -0.1) is 0 Å². The van der Waals surface area contributed by atoms with Gasteiger partial charge in [0.1, 0.15) is 6.04 Å². The molecule has 0 saturated carbocycles. The third kappa shape index (κ3) is 3.34. The number of hydrogen-bond donors (Lipinski definition) is 1. The predicted molar refractivity (Wildman–Crippen MR) is 108 cm³/mol. The summed E-state index contributed by atoms with van der Waals surface area (Å²) in [7, 11) is 2.15. The Bertz CT molecular complexity index is 813. The Morgan fingerprint density at radius 3 is 2.78 bits per heavy atom. The molecular formula is C21H25N3O2S. The fourth-order valence-electron chi connectivity index (χ4n) is 4.63. The molecule has 1 aromatic carbocycles. The number of hydrogen-bond acceptors (Lipinski definition) is 4. The minimum absolute atomic E-state index is 0.0304. The molecule has 6 heteroatoms. The maximum atomic E-state index is 13.0. The summed E-state index contributed by atoms with van der Waals surface area (Å²) in [5.74, 6) is 0.0304. The number of thiophene rings is 1. The number of nitrogens with zero attached hydrogens (tertiary/aromatic N) is 2. The molecule has 5 nitrogen and oxygen atoms in total. The van der Waals surface area contributed by atoms with E-state index < -0.39 is 6.04 Å². The van der Waals surface area contributed by atoms with Crippen molar-refractivity contribution in [1.29, 1.82) is 0 Å². The number of carbonyl (C=O) groups excluding carboxylic acids is 2. The van der Waals surface area contributed by atoms with Gasteiger partial charge in [-0.2, -0.15) is 11.3 Å². The average Bonchev–Trinajstić information content (AvgIpc) is 3.29.